The minimum absolute atomic E-state index is 0.0316. The van der Waals surface area contributed by atoms with Gasteiger partial charge >= 0.3 is 0 Å². The van der Waals surface area contributed by atoms with Gasteiger partial charge in [0, 0.05) is 19.1 Å². The SMILES string of the molecule is CNC1C(O)C(OC2C(N=C(N)C3(O)COC3)CC(N)C(OC3OC(CNCC(O)CO)CCC3N)C2O)OCC1(C)O. The van der Waals surface area contributed by atoms with Gasteiger partial charge in [-0.25, -0.2) is 0 Å². The lowest BCUT2D eigenvalue weighted by Gasteiger charge is -2.48. The van der Waals surface area contributed by atoms with Crippen LogP contribution in [0.2, 0.25) is 0 Å². The van der Waals surface area contributed by atoms with Crippen molar-refractivity contribution in [2.24, 2.45) is 22.2 Å². The van der Waals surface area contributed by atoms with Crippen molar-refractivity contribution < 1.29 is 54.3 Å². The van der Waals surface area contributed by atoms with E-state index in [0.717, 1.165) is 0 Å². The second-order valence-electron chi connectivity index (χ2n) is 12.4. The fraction of sp³-hybridized carbons (Fsp3) is 0.962. The summed E-state index contributed by atoms with van der Waals surface area (Å²) < 4.78 is 29.2. The van der Waals surface area contributed by atoms with E-state index in [1.54, 1.807) is 7.05 Å². The van der Waals surface area contributed by atoms with Crippen molar-refractivity contribution in [1.82, 2.24) is 10.6 Å². The van der Waals surface area contributed by atoms with Gasteiger partial charge in [0.25, 0.3) is 0 Å². The van der Waals surface area contributed by atoms with Gasteiger partial charge in [0.05, 0.1) is 56.8 Å². The summed E-state index contributed by atoms with van der Waals surface area (Å²) in [6.45, 7) is 1.50. The standard InChI is InChI=1S/C26H50N6O11/c1-25(37)9-40-23(18(36)21(25)30-2)43-20-16(32-24(29)26(38)10-39-11-26)5-15(28)19(17(20)35)42-22-14(27)4-3-13(41-22)7-31-6-12(34)8-33/h12-23,30-31,33-38H,3-11,27-28H2,1-2H3,(H2,29,32). The number of hydrogen-bond donors (Lipinski definition) is 11. The summed E-state index contributed by atoms with van der Waals surface area (Å²) in [5, 5.41) is 68.4. The van der Waals surface area contributed by atoms with E-state index < -0.39 is 78.5 Å². The molecule has 14 N–H and O–H groups in total. The normalized spacial score (nSPS) is 44.5. The molecule has 0 spiro atoms. The number of aliphatic hydroxyl groups is 6. The van der Waals surface area contributed by atoms with Crippen molar-refractivity contribution in [3.8, 4) is 0 Å². The van der Waals surface area contributed by atoms with Gasteiger partial charge in [-0.1, -0.05) is 0 Å². The summed E-state index contributed by atoms with van der Waals surface area (Å²) in [5.41, 5.74) is 16.1. The average molecular weight is 623 g/mol. The lowest BCUT2D eigenvalue weighted by Crippen LogP contribution is -2.68. The predicted octanol–water partition coefficient (Wildman–Crippen LogP) is -5.83. The maximum absolute atomic E-state index is 11.6. The van der Waals surface area contributed by atoms with Crippen LogP contribution in [-0.4, -0.2) is 168 Å². The molecule has 0 bridgehead atoms. The molecule has 4 aliphatic rings. The fourth-order valence-corrected chi connectivity index (χ4v) is 5.94. The highest BCUT2D eigenvalue weighted by atomic mass is 16.7. The van der Waals surface area contributed by atoms with E-state index >= 15 is 0 Å². The number of rotatable bonds is 12. The molecule has 4 rings (SSSR count). The summed E-state index contributed by atoms with van der Waals surface area (Å²) in [6, 6.07) is -2.96. The first kappa shape index (κ1) is 34.7. The van der Waals surface area contributed by atoms with E-state index in [2.05, 4.69) is 15.6 Å². The Morgan fingerprint density at radius 3 is 2.37 bits per heavy atom. The second kappa shape index (κ2) is 14.5. The third-order valence-corrected chi connectivity index (χ3v) is 8.64. The number of nitrogens with one attached hydrogen (secondary N) is 2. The van der Waals surface area contributed by atoms with Crippen LogP contribution < -0.4 is 27.8 Å². The first-order valence-corrected chi connectivity index (χ1v) is 14.8. The van der Waals surface area contributed by atoms with Crippen LogP contribution in [0.25, 0.3) is 0 Å². The van der Waals surface area contributed by atoms with E-state index in [1.165, 1.54) is 6.92 Å². The van der Waals surface area contributed by atoms with Gasteiger partial charge in [0.2, 0.25) is 0 Å². The molecule has 0 radical (unpaired) electrons. The highest BCUT2D eigenvalue weighted by molar-refractivity contribution is 5.90. The van der Waals surface area contributed by atoms with Crippen LogP contribution in [0.5, 0.6) is 0 Å². The number of hydrogen-bond acceptors (Lipinski definition) is 16. The molecule has 13 unspecified atom stereocenters. The second-order valence-corrected chi connectivity index (χ2v) is 12.4. The largest absolute Gasteiger partial charge is 0.394 e. The van der Waals surface area contributed by atoms with Crippen molar-refractivity contribution in [1.29, 1.82) is 0 Å². The molecule has 17 heteroatoms. The van der Waals surface area contributed by atoms with Gasteiger partial charge < -0.3 is 82.2 Å². The first-order valence-electron chi connectivity index (χ1n) is 14.8. The average Bonchev–Trinajstić information content (AvgIpc) is 2.94. The van der Waals surface area contributed by atoms with Crippen LogP contribution in [0.4, 0.5) is 0 Å². The predicted molar refractivity (Wildman–Crippen MR) is 151 cm³/mol. The van der Waals surface area contributed by atoms with Crippen LogP contribution in [0.15, 0.2) is 4.99 Å². The minimum atomic E-state index is -1.46. The Bertz CT molecular complexity index is 930. The smallest absolute Gasteiger partial charge is 0.185 e. The Balaban J connectivity index is 1.50. The highest BCUT2D eigenvalue weighted by Crippen LogP contribution is 2.34. The van der Waals surface area contributed by atoms with E-state index in [0.29, 0.717) is 19.4 Å². The summed E-state index contributed by atoms with van der Waals surface area (Å²) in [5.74, 6) is -0.100. The van der Waals surface area contributed by atoms with Crippen LogP contribution >= 0.6 is 0 Å². The van der Waals surface area contributed by atoms with Crippen LogP contribution in [0, 0.1) is 0 Å². The minimum Gasteiger partial charge on any atom is -0.394 e. The zero-order valence-corrected chi connectivity index (χ0v) is 24.7. The molecular weight excluding hydrogens is 572 g/mol. The molecule has 4 fully saturated rings. The molecule has 3 aliphatic heterocycles. The highest BCUT2D eigenvalue weighted by Gasteiger charge is 2.52. The Kier molecular flexibility index (Phi) is 11.7. The molecule has 17 nitrogen and oxygen atoms in total. The molecule has 0 aromatic carbocycles. The number of aliphatic hydroxyl groups excluding tert-OH is 4. The summed E-state index contributed by atoms with van der Waals surface area (Å²) in [4.78, 5) is 4.47. The molecule has 1 saturated carbocycles. The summed E-state index contributed by atoms with van der Waals surface area (Å²) in [6.07, 6.45) is -7.01. The van der Waals surface area contributed by atoms with E-state index in [-0.39, 0.29) is 51.3 Å². The fourth-order valence-electron chi connectivity index (χ4n) is 5.94. The third-order valence-electron chi connectivity index (χ3n) is 8.64. The Morgan fingerprint density at radius 1 is 1.05 bits per heavy atom. The zero-order chi connectivity index (χ0) is 31.5. The number of aliphatic imine (C=N–C) groups is 1. The number of amidine groups is 1. The summed E-state index contributed by atoms with van der Waals surface area (Å²) in [7, 11) is 1.59. The Hall–Kier alpha value is -1.13. The van der Waals surface area contributed by atoms with Crippen LogP contribution in [0.1, 0.15) is 26.2 Å². The van der Waals surface area contributed by atoms with Gasteiger partial charge in [-0.05, 0) is 33.2 Å². The monoisotopic (exact) mass is 622 g/mol. The molecular formula is C26H50N6O11. The van der Waals surface area contributed by atoms with Crippen LogP contribution in [-0.2, 0) is 23.7 Å². The van der Waals surface area contributed by atoms with Crippen molar-refractivity contribution >= 4 is 5.84 Å². The van der Waals surface area contributed by atoms with Gasteiger partial charge in [0.1, 0.15) is 35.9 Å². The number of ether oxygens (including phenoxy) is 5. The van der Waals surface area contributed by atoms with Crippen molar-refractivity contribution in [3.63, 3.8) is 0 Å². The molecule has 43 heavy (non-hydrogen) atoms. The van der Waals surface area contributed by atoms with Gasteiger partial charge in [0.15, 0.2) is 18.2 Å². The Labute approximate surface area is 250 Å². The van der Waals surface area contributed by atoms with E-state index in [4.69, 9.17) is 46.0 Å². The topological polar surface area (TPSA) is 282 Å². The molecule has 3 heterocycles. The Morgan fingerprint density at radius 2 is 1.74 bits per heavy atom. The van der Waals surface area contributed by atoms with E-state index in [9.17, 15) is 25.5 Å². The number of likely N-dealkylation sites (N-methyl/N-ethyl adjacent to an activating group) is 1. The first-order chi connectivity index (χ1) is 20.3. The molecule has 3 saturated heterocycles. The van der Waals surface area contributed by atoms with Gasteiger partial charge in [-0.3, -0.25) is 4.99 Å². The lowest BCUT2D eigenvalue weighted by molar-refractivity contribution is -0.306. The van der Waals surface area contributed by atoms with Crippen LogP contribution in [0.3, 0.4) is 0 Å². The number of nitrogens with zero attached hydrogens (tertiary/aromatic N) is 1. The lowest BCUT2D eigenvalue weighted by atomic mass is 9.83. The van der Waals surface area contributed by atoms with Crippen molar-refractivity contribution in [2.75, 3.05) is 46.6 Å². The maximum Gasteiger partial charge on any atom is 0.185 e. The molecule has 0 aromatic heterocycles. The van der Waals surface area contributed by atoms with Gasteiger partial charge in [-0.15, -0.1) is 0 Å². The van der Waals surface area contributed by atoms with Gasteiger partial charge in [-0.2, -0.15) is 0 Å². The quantitative estimate of drug-likeness (QED) is 0.0714. The molecule has 0 amide bonds. The molecule has 250 valence electrons. The van der Waals surface area contributed by atoms with Crippen molar-refractivity contribution in [3.05, 3.63) is 0 Å². The molecule has 1 aliphatic carbocycles. The zero-order valence-electron chi connectivity index (χ0n) is 24.7. The molecule has 0 aromatic rings. The summed E-state index contributed by atoms with van der Waals surface area (Å²) >= 11 is 0. The molecule has 13 atom stereocenters. The third kappa shape index (κ3) is 8.00. The maximum atomic E-state index is 11.6. The van der Waals surface area contributed by atoms with E-state index in [1.807, 2.05) is 0 Å². The van der Waals surface area contributed by atoms with Crippen molar-refractivity contribution in [2.45, 2.75) is 111 Å². The number of nitrogens with two attached hydrogens (primary N) is 3.